The summed E-state index contributed by atoms with van der Waals surface area (Å²) in [7, 11) is 0. The zero-order valence-electron chi connectivity index (χ0n) is 14.9. The first-order valence-corrected chi connectivity index (χ1v) is 9.06. The van der Waals surface area contributed by atoms with Crippen molar-refractivity contribution < 1.29 is 22.6 Å². The lowest BCUT2D eigenvalue weighted by molar-refractivity contribution is -0.0499. The summed E-state index contributed by atoms with van der Waals surface area (Å²) in [5, 5.41) is 5.10. The monoisotopic (exact) mass is 388 g/mol. The molecule has 0 amide bonds. The first-order valence-electron chi connectivity index (χ1n) is 9.06. The fourth-order valence-electron chi connectivity index (χ4n) is 3.34. The van der Waals surface area contributed by atoms with Crippen LogP contribution in [0.3, 0.4) is 0 Å². The van der Waals surface area contributed by atoms with Crippen LogP contribution < -0.4 is 14.8 Å². The van der Waals surface area contributed by atoms with E-state index in [9.17, 15) is 13.2 Å². The molecule has 0 aliphatic heterocycles. The van der Waals surface area contributed by atoms with Gasteiger partial charge in [-0.15, -0.1) is 0 Å². The van der Waals surface area contributed by atoms with Gasteiger partial charge < -0.3 is 14.8 Å². The number of nitrogens with zero attached hydrogens (tertiary/aromatic N) is 1. The van der Waals surface area contributed by atoms with E-state index < -0.39 is 6.61 Å². The van der Waals surface area contributed by atoms with Gasteiger partial charge in [-0.2, -0.15) is 8.78 Å². The molecule has 1 aliphatic rings. The molecule has 0 bridgehead atoms. The molecule has 1 saturated carbocycles. The number of ether oxygens (including phenoxy) is 2. The number of pyridine rings is 1. The van der Waals surface area contributed by atoms with Crippen LogP contribution in [0.15, 0.2) is 54.9 Å². The molecule has 2 aromatic carbocycles. The molecule has 1 aromatic heterocycles. The van der Waals surface area contributed by atoms with Crippen molar-refractivity contribution in [3.05, 3.63) is 66.2 Å². The predicted molar refractivity (Wildman–Crippen MR) is 99.1 cm³/mol. The normalized spacial score (nSPS) is 18.9. The van der Waals surface area contributed by atoms with Crippen LogP contribution in [0.1, 0.15) is 18.4 Å². The van der Waals surface area contributed by atoms with Crippen molar-refractivity contribution in [3.8, 4) is 11.5 Å². The lowest BCUT2D eigenvalue weighted by atomic mass is 9.88. The number of nitrogens with one attached hydrogen (secondary N) is 1. The molecular formula is C21H19F3N2O2. The molecule has 7 heteroatoms. The summed E-state index contributed by atoms with van der Waals surface area (Å²) in [6.45, 7) is -2.46. The average molecular weight is 388 g/mol. The molecule has 1 fully saturated rings. The van der Waals surface area contributed by atoms with Crippen LogP contribution >= 0.6 is 0 Å². The molecule has 3 aromatic rings. The summed E-state index contributed by atoms with van der Waals surface area (Å²) < 4.78 is 49.0. The maximum absolute atomic E-state index is 14.3. The zero-order chi connectivity index (χ0) is 19.5. The number of hydrogen-bond acceptors (Lipinski definition) is 4. The van der Waals surface area contributed by atoms with Crippen LogP contribution in [0.25, 0.3) is 10.8 Å². The SMILES string of the molecule is Fc1ccc2cnccc2c1CN[C@@H]1CC[C@H]1Oc1ccc(OC(F)F)cc1. The number of alkyl halides is 2. The third-order valence-corrected chi connectivity index (χ3v) is 4.96. The van der Waals surface area contributed by atoms with E-state index in [1.807, 2.05) is 6.07 Å². The molecule has 4 rings (SSSR count). The van der Waals surface area contributed by atoms with Crippen molar-refractivity contribution in [2.75, 3.05) is 0 Å². The number of halogens is 3. The van der Waals surface area contributed by atoms with E-state index in [0.717, 1.165) is 23.6 Å². The number of hydrogen-bond donors (Lipinski definition) is 1. The van der Waals surface area contributed by atoms with Crippen LogP contribution in [0.5, 0.6) is 11.5 Å². The molecule has 4 nitrogen and oxygen atoms in total. The summed E-state index contributed by atoms with van der Waals surface area (Å²) in [4.78, 5) is 4.07. The molecular weight excluding hydrogens is 369 g/mol. The quantitative estimate of drug-likeness (QED) is 0.639. The van der Waals surface area contributed by atoms with Crippen LogP contribution in [0.2, 0.25) is 0 Å². The van der Waals surface area contributed by atoms with Crippen molar-refractivity contribution >= 4 is 10.8 Å². The largest absolute Gasteiger partial charge is 0.489 e. The Morgan fingerprint density at radius 3 is 2.54 bits per heavy atom. The molecule has 1 N–H and O–H groups in total. The van der Waals surface area contributed by atoms with Gasteiger partial charge >= 0.3 is 6.61 Å². The second kappa shape index (κ2) is 8.06. The van der Waals surface area contributed by atoms with Gasteiger partial charge in [0.15, 0.2) is 0 Å². The molecule has 0 radical (unpaired) electrons. The second-order valence-electron chi connectivity index (χ2n) is 6.69. The topological polar surface area (TPSA) is 43.4 Å². The van der Waals surface area contributed by atoms with E-state index in [4.69, 9.17) is 4.74 Å². The Bertz CT molecular complexity index is 950. The third kappa shape index (κ3) is 4.04. The number of aromatic nitrogens is 1. The maximum Gasteiger partial charge on any atom is 0.387 e. The fraction of sp³-hybridized carbons (Fsp3) is 0.286. The van der Waals surface area contributed by atoms with Gasteiger partial charge in [-0.05, 0) is 60.7 Å². The predicted octanol–water partition coefficient (Wildman–Crippen LogP) is 4.67. The highest BCUT2D eigenvalue weighted by atomic mass is 19.3. The first-order chi connectivity index (χ1) is 13.6. The molecule has 1 aliphatic carbocycles. The van der Waals surface area contributed by atoms with Crippen LogP contribution in [0.4, 0.5) is 13.2 Å². The minimum Gasteiger partial charge on any atom is -0.489 e. The Morgan fingerprint density at radius 2 is 1.82 bits per heavy atom. The molecule has 0 saturated heterocycles. The van der Waals surface area contributed by atoms with Gasteiger partial charge in [0.1, 0.15) is 23.4 Å². The van der Waals surface area contributed by atoms with E-state index in [2.05, 4.69) is 15.0 Å². The standard InChI is InChI=1S/C21H19F3N2O2/c22-18-6-1-13-11-25-10-9-16(13)17(18)12-26-19-7-8-20(19)27-14-2-4-15(5-3-14)28-21(23)24/h1-6,9-11,19-21,26H,7-8,12H2/t19-,20-/m1/s1. The average Bonchev–Trinajstić information content (AvgIpc) is 2.68. The van der Waals surface area contributed by atoms with E-state index in [-0.39, 0.29) is 23.7 Å². The molecule has 0 unspecified atom stereocenters. The van der Waals surface area contributed by atoms with Gasteiger partial charge in [0.25, 0.3) is 0 Å². The van der Waals surface area contributed by atoms with Gasteiger partial charge in [-0.1, -0.05) is 0 Å². The highest BCUT2D eigenvalue weighted by molar-refractivity contribution is 5.84. The van der Waals surface area contributed by atoms with Crippen molar-refractivity contribution in [2.45, 2.75) is 38.1 Å². The van der Waals surface area contributed by atoms with Gasteiger partial charge in [0.2, 0.25) is 0 Å². The Kier molecular flexibility index (Phi) is 5.34. The number of fused-ring (bicyclic) bond motifs is 1. The Morgan fingerprint density at radius 1 is 1.04 bits per heavy atom. The van der Waals surface area contributed by atoms with E-state index >= 15 is 0 Å². The highest BCUT2D eigenvalue weighted by Gasteiger charge is 2.32. The smallest absolute Gasteiger partial charge is 0.387 e. The number of benzene rings is 2. The summed E-state index contributed by atoms with van der Waals surface area (Å²) in [5.74, 6) is 0.421. The van der Waals surface area contributed by atoms with Gasteiger partial charge in [-0.25, -0.2) is 4.39 Å². The highest BCUT2D eigenvalue weighted by Crippen LogP contribution is 2.29. The van der Waals surface area contributed by atoms with Gasteiger partial charge in [0.05, 0.1) is 0 Å². The summed E-state index contributed by atoms with van der Waals surface area (Å²) in [5.41, 5.74) is 0.610. The Balaban J connectivity index is 1.37. The van der Waals surface area contributed by atoms with Crippen LogP contribution in [-0.2, 0) is 6.54 Å². The van der Waals surface area contributed by atoms with Crippen LogP contribution in [0, 0.1) is 5.82 Å². The summed E-state index contributed by atoms with van der Waals surface area (Å²) in [6, 6.07) is 11.2. The summed E-state index contributed by atoms with van der Waals surface area (Å²) in [6.07, 6.45) is 5.11. The van der Waals surface area contributed by atoms with E-state index in [1.165, 1.54) is 18.2 Å². The minimum atomic E-state index is -2.85. The molecule has 146 valence electrons. The molecule has 1 heterocycles. The maximum atomic E-state index is 14.3. The minimum absolute atomic E-state index is 0.0541. The second-order valence-corrected chi connectivity index (χ2v) is 6.69. The van der Waals surface area contributed by atoms with Gasteiger partial charge in [-0.3, -0.25) is 4.98 Å². The molecule has 28 heavy (non-hydrogen) atoms. The lowest BCUT2D eigenvalue weighted by Crippen LogP contribution is -2.50. The summed E-state index contributed by atoms with van der Waals surface area (Å²) >= 11 is 0. The lowest BCUT2D eigenvalue weighted by Gasteiger charge is -2.37. The van der Waals surface area contributed by atoms with Crippen molar-refractivity contribution in [1.82, 2.24) is 10.3 Å². The Labute approximate surface area is 160 Å². The number of rotatable bonds is 7. The molecule has 2 atom stereocenters. The van der Waals surface area contributed by atoms with E-state index in [0.29, 0.717) is 17.9 Å². The van der Waals surface area contributed by atoms with Gasteiger partial charge in [0, 0.05) is 35.9 Å². The van der Waals surface area contributed by atoms with Crippen molar-refractivity contribution in [3.63, 3.8) is 0 Å². The zero-order valence-corrected chi connectivity index (χ0v) is 14.9. The fourth-order valence-corrected chi connectivity index (χ4v) is 3.34. The third-order valence-electron chi connectivity index (χ3n) is 4.96. The molecule has 0 spiro atoms. The Hall–Kier alpha value is -2.80. The van der Waals surface area contributed by atoms with Crippen molar-refractivity contribution in [2.24, 2.45) is 0 Å². The van der Waals surface area contributed by atoms with Crippen molar-refractivity contribution in [1.29, 1.82) is 0 Å². The first kappa shape index (κ1) is 18.6. The van der Waals surface area contributed by atoms with Crippen LogP contribution in [-0.4, -0.2) is 23.7 Å². The van der Waals surface area contributed by atoms with E-state index in [1.54, 1.807) is 30.6 Å².